The molecule has 17 heteroatoms. The van der Waals surface area contributed by atoms with Crippen LogP contribution in [0.3, 0.4) is 0 Å². The zero-order valence-electron chi connectivity index (χ0n) is 36.7. The predicted octanol–water partition coefficient (Wildman–Crippen LogP) is 9.17. The molecule has 6 N–H and O–H groups in total. The lowest BCUT2D eigenvalue weighted by Crippen LogP contribution is -2.30. The van der Waals surface area contributed by atoms with Gasteiger partial charge in [-0.2, -0.15) is 0 Å². The number of esters is 2. The Kier molecular flexibility index (Phi) is 37.9. The summed E-state index contributed by atoms with van der Waals surface area (Å²) in [5.41, 5.74) is 0. The molecule has 0 amide bonds. The van der Waals surface area contributed by atoms with E-state index in [2.05, 4.69) is 71.5 Å². The van der Waals surface area contributed by atoms with E-state index in [1.54, 1.807) is 0 Å². The monoisotopic (exact) mass is 908 g/mol. The molecule has 0 aromatic carbocycles. The predicted molar refractivity (Wildman–Crippen MR) is 237 cm³/mol. The van der Waals surface area contributed by atoms with Gasteiger partial charge in [0.2, 0.25) is 0 Å². The van der Waals surface area contributed by atoms with Gasteiger partial charge in [0.25, 0.3) is 0 Å². The average Bonchev–Trinajstić information content (AvgIpc) is 3.21. The largest absolute Gasteiger partial charge is 0.472 e. The van der Waals surface area contributed by atoms with Crippen LogP contribution in [-0.4, -0.2) is 92.8 Å². The van der Waals surface area contributed by atoms with Crippen LogP contribution in [0.4, 0.5) is 0 Å². The summed E-state index contributed by atoms with van der Waals surface area (Å²) in [4.78, 5) is 52.7. The lowest BCUT2D eigenvalue weighted by Gasteiger charge is -2.20. The molecule has 0 aliphatic heterocycles. The third-order valence-electron chi connectivity index (χ3n) is 9.08. The van der Waals surface area contributed by atoms with E-state index in [9.17, 15) is 38.9 Å². The molecule has 0 bridgehead atoms. The first-order chi connectivity index (χ1) is 29.2. The molecule has 61 heavy (non-hydrogen) atoms. The molecule has 0 aliphatic rings. The number of hydrogen-bond acceptors (Lipinski definition) is 12. The minimum absolute atomic E-state index is 0.0691. The summed E-state index contributed by atoms with van der Waals surface area (Å²) in [6.45, 7) is 1.38. The summed E-state index contributed by atoms with van der Waals surface area (Å²) < 4.78 is 47.7. The lowest BCUT2D eigenvalue weighted by atomic mass is 10.0. The zero-order valence-corrected chi connectivity index (χ0v) is 38.5. The van der Waals surface area contributed by atoms with Crippen molar-refractivity contribution in [3.8, 4) is 0 Å². The van der Waals surface area contributed by atoms with E-state index in [0.29, 0.717) is 25.7 Å². The summed E-state index contributed by atoms with van der Waals surface area (Å²) in [5, 5.41) is 30.2. The van der Waals surface area contributed by atoms with Gasteiger partial charge in [-0.25, -0.2) is 9.13 Å². The average molecular weight is 909 g/mol. The van der Waals surface area contributed by atoms with Crippen LogP contribution >= 0.6 is 15.6 Å². The van der Waals surface area contributed by atoms with Crippen LogP contribution in [0.25, 0.3) is 0 Å². The van der Waals surface area contributed by atoms with Crippen molar-refractivity contribution in [2.45, 2.75) is 180 Å². The van der Waals surface area contributed by atoms with Gasteiger partial charge in [-0.1, -0.05) is 126 Å². The fourth-order valence-electron chi connectivity index (χ4n) is 5.60. The van der Waals surface area contributed by atoms with Crippen molar-refractivity contribution in [2.75, 3.05) is 26.4 Å². The minimum Gasteiger partial charge on any atom is -0.462 e. The molecule has 1 unspecified atom stereocenters. The summed E-state index contributed by atoms with van der Waals surface area (Å²) in [6, 6.07) is 0. The van der Waals surface area contributed by atoms with Crippen molar-refractivity contribution in [3.05, 3.63) is 60.8 Å². The molecular weight excluding hydrogens is 830 g/mol. The quantitative estimate of drug-likeness (QED) is 0.0145. The Morgan fingerprint density at radius 2 is 1.05 bits per heavy atom. The third kappa shape index (κ3) is 41.5. The highest BCUT2D eigenvalue weighted by molar-refractivity contribution is 7.47. The van der Waals surface area contributed by atoms with Crippen LogP contribution < -0.4 is 0 Å². The number of rotatable bonds is 41. The van der Waals surface area contributed by atoms with Crippen molar-refractivity contribution in [3.63, 3.8) is 0 Å². The second kappa shape index (κ2) is 39.3. The number of phosphoric ester groups is 2. The van der Waals surface area contributed by atoms with E-state index in [0.717, 1.165) is 96.3 Å². The Hall–Kier alpha value is -2.26. The highest BCUT2D eigenvalue weighted by Gasteiger charge is 2.28. The van der Waals surface area contributed by atoms with Crippen molar-refractivity contribution < 1.29 is 71.8 Å². The van der Waals surface area contributed by atoms with Crippen molar-refractivity contribution in [2.24, 2.45) is 0 Å². The van der Waals surface area contributed by atoms with Crippen LogP contribution in [0.5, 0.6) is 0 Å². The molecule has 0 radical (unpaired) electrons. The number of hydrogen-bond donors (Lipinski definition) is 6. The molecule has 0 aliphatic carbocycles. The molecule has 0 rings (SSSR count). The molecule has 0 saturated carbocycles. The molecule has 0 aromatic rings. The Bertz CT molecular complexity index is 1340. The maximum absolute atomic E-state index is 12.7. The maximum atomic E-state index is 12.7. The number of phosphoric acid groups is 2. The fraction of sp³-hybridized carbons (Fsp3) is 0.727. The highest BCUT2D eigenvalue weighted by atomic mass is 31.2. The van der Waals surface area contributed by atoms with Gasteiger partial charge in [0.05, 0.1) is 32.0 Å². The van der Waals surface area contributed by atoms with Gasteiger partial charge in [0.15, 0.2) is 6.10 Å². The van der Waals surface area contributed by atoms with Crippen LogP contribution in [0.15, 0.2) is 60.8 Å². The molecule has 0 fully saturated rings. The van der Waals surface area contributed by atoms with Crippen molar-refractivity contribution >= 4 is 27.6 Å². The highest BCUT2D eigenvalue weighted by Crippen LogP contribution is 2.43. The second-order valence-electron chi connectivity index (χ2n) is 14.9. The van der Waals surface area contributed by atoms with E-state index in [1.807, 2.05) is 12.2 Å². The number of allylic oxidation sites excluding steroid dienone is 9. The number of carbonyl (C=O) groups is 2. The number of aliphatic hydroxyl groups excluding tert-OH is 3. The minimum atomic E-state index is -4.89. The van der Waals surface area contributed by atoms with Crippen LogP contribution in [-0.2, 0) is 41.8 Å². The van der Waals surface area contributed by atoms with Gasteiger partial charge in [-0.15, -0.1) is 0 Å². The summed E-state index contributed by atoms with van der Waals surface area (Å²) in [5.74, 6) is -1.17. The van der Waals surface area contributed by atoms with E-state index in [1.165, 1.54) is 6.42 Å². The maximum Gasteiger partial charge on any atom is 0.472 e. The van der Waals surface area contributed by atoms with Gasteiger partial charge >= 0.3 is 27.6 Å². The fourth-order valence-corrected chi connectivity index (χ4v) is 6.75. The van der Waals surface area contributed by atoms with Crippen molar-refractivity contribution in [1.29, 1.82) is 0 Å². The summed E-state index contributed by atoms with van der Waals surface area (Å²) in [6.07, 6.45) is 33.7. The normalized spacial score (nSPS) is 15.6. The van der Waals surface area contributed by atoms with Gasteiger partial charge in [-0.05, 0) is 77.0 Å². The van der Waals surface area contributed by atoms with Gasteiger partial charge in [0.1, 0.15) is 12.7 Å². The molecule has 0 saturated heterocycles. The standard InChI is InChI=1S/C44H78O15P2/c1-3-5-7-9-11-12-13-14-15-16-17-18-19-20-21-25-30-34-44(49)59-40(38-58-61(53,54)57-36-39(45)35-56-60(50,51)52)37-55-43(48)33-29-26-22-24-28-32-42(47)41(46)31-27-23-10-8-6-4-2/h5,7,11-12,14-15,17-18,23,27,39-42,45-47H,3-4,6,8-10,13,16,19-22,24-26,28-38H2,1-2H3,(H,53,54)(H2,50,51,52)/b7-5-,12-11-,15-14-,18-17-,27-23-/t39-,40+,41+,42+/m0/s1. The van der Waals surface area contributed by atoms with Gasteiger partial charge in [-0.3, -0.25) is 23.2 Å². The summed E-state index contributed by atoms with van der Waals surface area (Å²) in [7, 11) is -9.74. The second-order valence-corrected chi connectivity index (χ2v) is 17.6. The topological polar surface area (TPSA) is 236 Å². The first-order valence-corrected chi connectivity index (χ1v) is 25.2. The number of carbonyl (C=O) groups excluding carboxylic acids is 2. The first kappa shape index (κ1) is 58.7. The number of ether oxygens (including phenoxy) is 2. The lowest BCUT2D eigenvalue weighted by molar-refractivity contribution is -0.161. The van der Waals surface area contributed by atoms with E-state index in [4.69, 9.17) is 23.8 Å². The van der Waals surface area contributed by atoms with Gasteiger partial charge < -0.3 is 39.5 Å². The van der Waals surface area contributed by atoms with Gasteiger partial charge in [0, 0.05) is 12.8 Å². The van der Waals surface area contributed by atoms with Crippen molar-refractivity contribution in [1.82, 2.24) is 0 Å². The Morgan fingerprint density at radius 3 is 1.67 bits per heavy atom. The van der Waals surface area contributed by atoms with Crippen LogP contribution in [0.1, 0.15) is 155 Å². The molecule has 354 valence electrons. The Labute approximate surface area is 365 Å². The zero-order chi connectivity index (χ0) is 45.5. The number of aliphatic hydroxyl groups is 3. The van der Waals surface area contributed by atoms with Crippen LogP contribution in [0.2, 0.25) is 0 Å². The molecule has 0 spiro atoms. The van der Waals surface area contributed by atoms with E-state index in [-0.39, 0.29) is 12.8 Å². The molecule has 5 atom stereocenters. The van der Waals surface area contributed by atoms with Crippen LogP contribution in [0, 0.1) is 0 Å². The summed E-state index contributed by atoms with van der Waals surface area (Å²) >= 11 is 0. The molecule has 0 heterocycles. The van der Waals surface area contributed by atoms with E-state index >= 15 is 0 Å². The number of unbranched alkanes of at least 4 members (excludes halogenated alkanes) is 11. The first-order valence-electron chi connectivity index (χ1n) is 22.1. The Balaban J connectivity index is 4.67. The third-order valence-corrected chi connectivity index (χ3v) is 10.5. The molecular formula is C44H78O15P2. The molecule has 15 nitrogen and oxygen atoms in total. The Morgan fingerprint density at radius 1 is 0.541 bits per heavy atom. The smallest absolute Gasteiger partial charge is 0.462 e. The molecule has 0 aromatic heterocycles. The SMILES string of the molecule is CC/C=C\C/C=C\C/C=C\C/C=C\CCCCCCC(=O)O[C@H](COC(=O)CCCCCCC[C@@H](O)[C@H](O)C/C=C\CCCCC)COP(=O)(O)OC[C@@H](O)COP(=O)(O)O. The van der Waals surface area contributed by atoms with E-state index < -0.39 is 78.4 Å².